The Morgan fingerprint density at radius 3 is 2.08 bits per heavy atom. The van der Waals surface area contributed by atoms with E-state index in [0.29, 0.717) is 38.0 Å². The maximum atomic E-state index is 11.8. The molecule has 0 saturated heterocycles. The fourth-order valence-corrected chi connectivity index (χ4v) is 2.61. The second-order valence-electron chi connectivity index (χ2n) is 6.69. The number of likely N-dealkylation sites (N-methyl/N-ethyl adjacent to an activating group) is 1. The smallest absolute Gasteiger partial charge is 0.220 e. The van der Waals surface area contributed by atoms with Crippen LogP contribution in [0.1, 0.15) is 66.7 Å². The van der Waals surface area contributed by atoms with Gasteiger partial charge in [0.25, 0.3) is 0 Å². The zero-order chi connectivity index (χ0) is 18.4. The fraction of sp³-hybridized carbons (Fsp3) is 0.947. The number of amides is 1. The van der Waals surface area contributed by atoms with E-state index in [1.165, 1.54) is 0 Å². The lowest BCUT2D eigenvalue weighted by Gasteiger charge is -2.29. The number of carbonyl (C=O) groups is 1. The first-order valence-corrected chi connectivity index (χ1v) is 9.68. The average molecular weight is 345 g/mol. The topological polar surface area (TPSA) is 59.6 Å². The number of hydrogen-bond donors (Lipinski definition) is 2. The van der Waals surface area contributed by atoms with Gasteiger partial charge in [-0.3, -0.25) is 4.79 Å². The third kappa shape index (κ3) is 9.60. The van der Waals surface area contributed by atoms with Crippen LogP contribution in [-0.4, -0.2) is 45.0 Å². The first kappa shape index (κ1) is 23.4. The summed E-state index contributed by atoms with van der Waals surface area (Å²) < 4.78 is 11.9. The molecule has 0 heterocycles. The van der Waals surface area contributed by atoms with Gasteiger partial charge in [0.1, 0.15) is 0 Å². The van der Waals surface area contributed by atoms with Gasteiger partial charge in [0.15, 0.2) is 5.79 Å². The van der Waals surface area contributed by atoms with Crippen molar-refractivity contribution in [3.05, 3.63) is 0 Å². The molecule has 1 aliphatic rings. The maximum absolute atomic E-state index is 11.8. The quantitative estimate of drug-likeness (QED) is 0.446. The summed E-state index contributed by atoms with van der Waals surface area (Å²) in [6, 6.07) is 0. The molecule has 5 heteroatoms. The van der Waals surface area contributed by atoms with Gasteiger partial charge in [0, 0.05) is 32.4 Å². The van der Waals surface area contributed by atoms with Crippen molar-refractivity contribution in [1.29, 1.82) is 0 Å². The Morgan fingerprint density at radius 2 is 1.58 bits per heavy atom. The van der Waals surface area contributed by atoms with Gasteiger partial charge in [-0.05, 0) is 31.7 Å². The van der Waals surface area contributed by atoms with E-state index in [4.69, 9.17) is 9.47 Å². The molecule has 2 N–H and O–H groups in total. The number of carbonyl (C=O) groups excluding carboxylic acids is 1. The van der Waals surface area contributed by atoms with Gasteiger partial charge in [-0.25, -0.2) is 0 Å². The minimum Gasteiger partial charge on any atom is -0.354 e. The van der Waals surface area contributed by atoms with E-state index in [1.807, 2.05) is 20.9 Å². The normalized spacial score (nSPS) is 17.3. The molecule has 0 spiro atoms. The standard InChI is InChI=1S/C17H34N2O3.C2H6/c1-14(2)15(3)13-16(20)19-10-12-22-17(7-5-6-8-17)21-11-9-18-4;1-2/h14-15,18H,5-13H2,1-4H3,(H,19,20);1-2H3. The molecule has 1 amide bonds. The highest BCUT2D eigenvalue weighted by Crippen LogP contribution is 2.34. The van der Waals surface area contributed by atoms with Crippen LogP contribution in [0.5, 0.6) is 0 Å². The van der Waals surface area contributed by atoms with Crippen molar-refractivity contribution in [3.63, 3.8) is 0 Å². The SMILES string of the molecule is CC.CNCCOC1(OCCNC(=O)CC(C)C(C)C)CCCC1. The van der Waals surface area contributed by atoms with Crippen LogP contribution in [0.3, 0.4) is 0 Å². The molecule has 1 rings (SSSR count). The summed E-state index contributed by atoms with van der Waals surface area (Å²) in [5, 5.41) is 6.03. The van der Waals surface area contributed by atoms with Crippen LogP contribution < -0.4 is 10.6 Å². The molecule has 0 aromatic rings. The van der Waals surface area contributed by atoms with E-state index < -0.39 is 5.79 Å². The van der Waals surface area contributed by atoms with E-state index in [-0.39, 0.29) is 5.91 Å². The van der Waals surface area contributed by atoms with Crippen molar-refractivity contribution < 1.29 is 14.3 Å². The molecule has 144 valence electrons. The van der Waals surface area contributed by atoms with E-state index in [1.54, 1.807) is 0 Å². The predicted molar refractivity (Wildman–Crippen MR) is 100 cm³/mol. The van der Waals surface area contributed by atoms with E-state index >= 15 is 0 Å². The van der Waals surface area contributed by atoms with Gasteiger partial charge in [-0.1, -0.05) is 34.6 Å². The first-order chi connectivity index (χ1) is 11.5. The predicted octanol–water partition coefficient (Wildman–Crippen LogP) is 3.33. The minimum atomic E-state index is -0.424. The lowest BCUT2D eigenvalue weighted by Crippen LogP contribution is -2.38. The largest absolute Gasteiger partial charge is 0.354 e. The Kier molecular flexibility index (Phi) is 13.3. The molecule has 1 atom stereocenters. The Bertz CT molecular complexity index is 316. The molecule has 24 heavy (non-hydrogen) atoms. The van der Waals surface area contributed by atoms with Crippen molar-refractivity contribution in [2.75, 3.05) is 33.4 Å². The molecule has 1 aliphatic carbocycles. The molecule has 1 saturated carbocycles. The summed E-state index contributed by atoms with van der Waals surface area (Å²) in [4.78, 5) is 11.8. The lowest BCUT2D eigenvalue weighted by atomic mass is 9.94. The Balaban J connectivity index is 0.00000254. The number of ether oxygens (including phenoxy) is 2. The number of hydrogen-bond acceptors (Lipinski definition) is 4. The summed E-state index contributed by atoms with van der Waals surface area (Å²) in [6.45, 7) is 13.0. The minimum absolute atomic E-state index is 0.112. The van der Waals surface area contributed by atoms with Crippen molar-refractivity contribution in [1.82, 2.24) is 10.6 Å². The summed E-state index contributed by atoms with van der Waals surface area (Å²) in [5.74, 6) is 0.630. The van der Waals surface area contributed by atoms with Gasteiger partial charge in [0.2, 0.25) is 5.91 Å². The molecule has 0 aliphatic heterocycles. The van der Waals surface area contributed by atoms with E-state index in [0.717, 1.165) is 32.2 Å². The number of nitrogens with one attached hydrogen (secondary N) is 2. The Morgan fingerprint density at radius 1 is 1.04 bits per heavy atom. The molecule has 0 radical (unpaired) electrons. The molecule has 0 bridgehead atoms. The van der Waals surface area contributed by atoms with Crippen LogP contribution in [0, 0.1) is 11.8 Å². The summed E-state index contributed by atoms with van der Waals surface area (Å²) in [6.07, 6.45) is 4.79. The average Bonchev–Trinajstić information content (AvgIpc) is 3.03. The molecule has 0 aromatic carbocycles. The van der Waals surface area contributed by atoms with Crippen molar-refractivity contribution in [3.8, 4) is 0 Å². The third-order valence-corrected chi connectivity index (χ3v) is 4.52. The summed E-state index contributed by atoms with van der Waals surface area (Å²) in [5.41, 5.74) is 0. The van der Waals surface area contributed by atoms with Crippen LogP contribution in [-0.2, 0) is 14.3 Å². The molecular formula is C19H40N2O3. The monoisotopic (exact) mass is 344 g/mol. The van der Waals surface area contributed by atoms with Crippen LogP contribution >= 0.6 is 0 Å². The lowest BCUT2D eigenvalue weighted by molar-refractivity contribution is -0.230. The van der Waals surface area contributed by atoms with Gasteiger partial charge in [-0.15, -0.1) is 0 Å². The fourth-order valence-electron chi connectivity index (χ4n) is 2.61. The summed E-state index contributed by atoms with van der Waals surface area (Å²) in [7, 11) is 1.92. The molecular weight excluding hydrogens is 304 g/mol. The van der Waals surface area contributed by atoms with Crippen molar-refractivity contribution in [2.45, 2.75) is 72.5 Å². The van der Waals surface area contributed by atoms with Gasteiger partial charge >= 0.3 is 0 Å². The number of rotatable bonds is 11. The Hall–Kier alpha value is -0.650. The van der Waals surface area contributed by atoms with Crippen LogP contribution in [0.2, 0.25) is 0 Å². The second kappa shape index (κ2) is 13.6. The van der Waals surface area contributed by atoms with E-state index in [2.05, 4.69) is 31.4 Å². The molecule has 1 unspecified atom stereocenters. The Labute approximate surface area is 149 Å². The third-order valence-electron chi connectivity index (χ3n) is 4.52. The molecule has 0 aromatic heterocycles. The van der Waals surface area contributed by atoms with E-state index in [9.17, 15) is 4.79 Å². The van der Waals surface area contributed by atoms with Crippen LogP contribution in [0.15, 0.2) is 0 Å². The van der Waals surface area contributed by atoms with Crippen LogP contribution in [0.25, 0.3) is 0 Å². The second-order valence-corrected chi connectivity index (χ2v) is 6.69. The zero-order valence-electron chi connectivity index (χ0n) is 16.7. The van der Waals surface area contributed by atoms with Crippen molar-refractivity contribution >= 4 is 5.91 Å². The summed E-state index contributed by atoms with van der Waals surface area (Å²) >= 11 is 0. The van der Waals surface area contributed by atoms with Gasteiger partial charge < -0.3 is 20.1 Å². The van der Waals surface area contributed by atoms with Gasteiger partial charge in [-0.2, -0.15) is 0 Å². The van der Waals surface area contributed by atoms with Crippen molar-refractivity contribution in [2.24, 2.45) is 11.8 Å². The van der Waals surface area contributed by atoms with Gasteiger partial charge in [0.05, 0.1) is 13.2 Å². The highest BCUT2D eigenvalue weighted by Gasteiger charge is 2.35. The zero-order valence-corrected chi connectivity index (χ0v) is 16.7. The first-order valence-electron chi connectivity index (χ1n) is 9.68. The molecule has 1 fully saturated rings. The highest BCUT2D eigenvalue weighted by molar-refractivity contribution is 5.76. The maximum Gasteiger partial charge on any atom is 0.220 e. The molecule has 5 nitrogen and oxygen atoms in total. The van der Waals surface area contributed by atoms with Crippen LogP contribution in [0.4, 0.5) is 0 Å². The highest BCUT2D eigenvalue weighted by atomic mass is 16.7.